The highest BCUT2D eigenvalue weighted by atomic mass is 15.2. The Hall–Kier alpha value is -0.870. The first kappa shape index (κ1) is 11.6. The monoisotopic (exact) mass is 222 g/mol. The van der Waals surface area contributed by atoms with Crippen LogP contribution in [0.3, 0.4) is 0 Å². The summed E-state index contributed by atoms with van der Waals surface area (Å²) in [7, 11) is 4.27. The fraction of sp³-hybridized carbons (Fsp3) is 0.750. The Bertz CT molecular complexity index is 317. The topological polar surface area (TPSA) is 33.1 Å². The van der Waals surface area contributed by atoms with Gasteiger partial charge in [-0.2, -0.15) is 0 Å². The van der Waals surface area contributed by atoms with Crippen LogP contribution in [0, 0.1) is 0 Å². The number of nitrogens with zero attached hydrogens (tertiary/aromatic N) is 3. The third-order valence-corrected chi connectivity index (χ3v) is 3.26. The molecule has 1 aromatic rings. The molecule has 0 radical (unpaired) electrons. The normalized spacial score (nSPS) is 15.9. The van der Waals surface area contributed by atoms with Gasteiger partial charge in [-0.15, -0.1) is 0 Å². The molecular weight excluding hydrogens is 200 g/mol. The lowest BCUT2D eigenvalue weighted by Gasteiger charge is -2.15. The highest BCUT2D eigenvalue weighted by molar-refractivity contribution is 4.91. The first-order valence-corrected chi connectivity index (χ1v) is 6.14. The minimum atomic E-state index is 0.872. The summed E-state index contributed by atoms with van der Waals surface area (Å²) >= 11 is 0. The zero-order valence-corrected chi connectivity index (χ0v) is 10.3. The van der Waals surface area contributed by atoms with Crippen molar-refractivity contribution in [3.05, 3.63) is 18.2 Å². The van der Waals surface area contributed by atoms with Crippen LogP contribution >= 0.6 is 0 Å². The summed E-state index contributed by atoms with van der Waals surface area (Å²) < 4.78 is 2.08. The Kier molecular flexibility index (Phi) is 3.96. The molecule has 0 bridgehead atoms. The molecule has 1 fully saturated rings. The van der Waals surface area contributed by atoms with E-state index in [1.54, 1.807) is 0 Å². The van der Waals surface area contributed by atoms with E-state index in [4.69, 9.17) is 0 Å². The molecule has 4 nitrogen and oxygen atoms in total. The molecule has 0 atom stereocenters. The fourth-order valence-electron chi connectivity index (χ4n) is 1.92. The largest absolute Gasteiger partial charge is 0.338 e. The Morgan fingerprint density at radius 3 is 2.94 bits per heavy atom. The molecule has 1 heterocycles. The highest BCUT2D eigenvalue weighted by Crippen LogP contribution is 2.24. The maximum atomic E-state index is 4.30. The summed E-state index contributed by atoms with van der Waals surface area (Å²) in [5, 5.41) is 3.47. The van der Waals surface area contributed by atoms with Gasteiger partial charge in [0, 0.05) is 51.5 Å². The van der Waals surface area contributed by atoms with Gasteiger partial charge in [0.25, 0.3) is 0 Å². The van der Waals surface area contributed by atoms with Crippen molar-refractivity contribution in [2.24, 2.45) is 7.05 Å². The van der Waals surface area contributed by atoms with Gasteiger partial charge in [-0.05, 0) is 19.9 Å². The van der Waals surface area contributed by atoms with Crippen LogP contribution in [0.2, 0.25) is 0 Å². The van der Waals surface area contributed by atoms with Crippen LogP contribution in [-0.2, 0) is 13.5 Å². The standard InChI is InChI=1S/C12H22N4/c1-15(11-3-4-11)9-7-13-6-5-12-14-8-10-16(12)2/h8,10-11,13H,3-7,9H2,1-2H3. The SMILES string of the molecule is CN(CCNCCc1nccn1C)C1CC1. The lowest BCUT2D eigenvalue weighted by molar-refractivity contribution is 0.322. The van der Waals surface area contributed by atoms with Crippen molar-refractivity contribution in [2.75, 3.05) is 26.7 Å². The number of imidazole rings is 1. The average molecular weight is 222 g/mol. The van der Waals surface area contributed by atoms with E-state index in [-0.39, 0.29) is 0 Å². The maximum Gasteiger partial charge on any atom is 0.109 e. The summed E-state index contributed by atoms with van der Waals surface area (Å²) in [5.41, 5.74) is 0. The van der Waals surface area contributed by atoms with Crippen LogP contribution in [0.5, 0.6) is 0 Å². The fourth-order valence-corrected chi connectivity index (χ4v) is 1.92. The minimum absolute atomic E-state index is 0.872. The number of hydrogen-bond acceptors (Lipinski definition) is 3. The molecule has 0 amide bonds. The second-order valence-electron chi connectivity index (χ2n) is 4.67. The third-order valence-electron chi connectivity index (χ3n) is 3.26. The van der Waals surface area contributed by atoms with Crippen molar-refractivity contribution in [1.29, 1.82) is 0 Å². The molecule has 1 saturated carbocycles. The number of aryl methyl sites for hydroxylation is 1. The van der Waals surface area contributed by atoms with Crippen molar-refractivity contribution in [2.45, 2.75) is 25.3 Å². The highest BCUT2D eigenvalue weighted by Gasteiger charge is 2.25. The van der Waals surface area contributed by atoms with Gasteiger partial charge in [0.15, 0.2) is 0 Å². The summed E-state index contributed by atoms with van der Waals surface area (Å²) in [4.78, 5) is 6.75. The van der Waals surface area contributed by atoms with Crippen molar-refractivity contribution in [3.63, 3.8) is 0 Å². The number of rotatable bonds is 7. The summed E-state index contributed by atoms with van der Waals surface area (Å²) in [5.74, 6) is 1.16. The van der Waals surface area contributed by atoms with Crippen LogP contribution in [-0.4, -0.2) is 47.2 Å². The molecule has 0 aromatic carbocycles. The molecule has 1 N–H and O–H groups in total. The predicted octanol–water partition coefficient (Wildman–Crippen LogP) is 0.646. The van der Waals surface area contributed by atoms with E-state index in [0.29, 0.717) is 0 Å². The second-order valence-corrected chi connectivity index (χ2v) is 4.67. The van der Waals surface area contributed by atoms with Gasteiger partial charge in [-0.3, -0.25) is 0 Å². The van der Waals surface area contributed by atoms with E-state index in [1.807, 2.05) is 19.4 Å². The molecule has 0 unspecified atom stereocenters. The molecule has 0 saturated heterocycles. The molecule has 1 aliphatic rings. The van der Waals surface area contributed by atoms with E-state index in [1.165, 1.54) is 12.8 Å². The summed E-state index contributed by atoms with van der Waals surface area (Å²) in [6, 6.07) is 0.872. The van der Waals surface area contributed by atoms with Gasteiger partial charge in [0.05, 0.1) is 0 Å². The molecule has 0 aliphatic heterocycles. The third kappa shape index (κ3) is 3.32. The Balaban J connectivity index is 1.53. The molecule has 90 valence electrons. The van der Waals surface area contributed by atoms with E-state index < -0.39 is 0 Å². The molecule has 1 aromatic heterocycles. The van der Waals surface area contributed by atoms with Crippen molar-refractivity contribution < 1.29 is 0 Å². The van der Waals surface area contributed by atoms with Crippen LogP contribution < -0.4 is 5.32 Å². The Morgan fingerprint density at radius 1 is 1.50 bits per heavy atom. The molecule has 2 rings (SSSR count). The lowest BCUT2D eigenvalue weighted by Crippen LogP contribution is -2.31. The van der Waals surface area contributed by atoms with Crippen LogP contribution in [0.1, 0.15) is 18.7 Å². The van der Waals surface area contributed by atoms with Crippen LogP contribution in [0.25, 0.3) is 0 Å². The van der Waals surface area contributed by atoms with Crippen LogP contribution in [0.15, 0.2) is 12.4 Å². The molecule has 4 heteroatoms. The minimum Gasteiger partial charge on any atom is -0.338 e. The van der Waals surface area contributed by atoms with Gasteiger partial charge in [-0.1, -0.05) is 0 Å². The second kappa shape index (κ2) is 5.46. The predicted molar refractivity (Wildman–Crippen MR) is 65.4 cm³/mol. The van der Waals surface area contributed by atoms with Crippen molar-refractivity contribution in [3.8, 4) is 0 Å². The smallest absolute Gasteiger partial charge is 0.109 e. The van der Waals surface area contributed by atoms with Crippen LogP contribution in [0.4, 0.5) is 0 Å². The zero-order chi connectivity index (χ0) is 11.4. The summed E-state index contributed by atoms with van der Waals surface area (Å²) in [6.45, 7) is 3.26. The van der Waals surface area contributed by atoms with E-state index in [9.17, 15) is 0 Å². The molecule has 0 spiro atoms. The molecule has 1 aliphatic carbocycles. The number of aromatic nitrogens is 2. The molecular formula is C12H22N4. The summed E-state index contributed by atoms with van der Waals surface area (Å²) in [6.07, 6.45) is 7.65. The Labute approximate surface area is 97.7 Å². The van der Waals surface area contributed by atoms with Gasteiger partial charge in [0.1, 0.15) is 5.82 Å². The molecule has 16 heavy (non-hydrogen) atoms. The average Bonchev–Trinajstić information content (AvgIpc) is 3.04. The Morgan fingerprint density at radius 2 is 2.31 bits per heavy atom. The van der Waals surface area contributed by atoms with E-state index >= 15 is 0 Å². The van der Waals surface area contributed by atoms with Gasteiger partial charge >= 0.3 is 0 Å². The van der Waals surface area contributed by atoms with E-state index in [0.717, 1.165) is 37.9 Å². The van der Waals surface area contributed by atoms with Gasteiger partial charge < -0.3 is 14.8 Å². The first-order chi connectivity index (χ1) is 7.77. The zero-order valence-electron chi connectivity index (χ0n) is 10.3. The number of hydrogen-bond donors (Lipinski definition) is 1. The van der Waals surface area contributed by atoms with Gasteiger partial charge in [-0.25, -0.2) is 4.98 Å². The van der Waals surface area contributed by atoms with Gasteiger partial charge in [0.2, 0.25) is 0 Å². The number of nitrogens with one attached hydrogen (secondary N) is 1. The quantitative estimate of drug-likeness (QED) is 0.688. The van der Waals surface area contributed by atoms with Crippen molar-refractivity contribution >= 4 is 0 Å². The van der Waals surface area contributed by atoms with E-state index in [2.05, 4.69) is 26.8 Å². The first-order valence-electron chi connectivity index (χ1n) is 6.14. The lowest BCUT2D eigenvalue weighted by atomic mass is 10.4. The van der Waals surface area contributed by atoms with Crippen molar-refractivity contribution in [1.82, 2.24) is 19.8 Å². The number of likely N-dealkylation sites (N-methyl/N-ethyl adjacent to an activating group) is 1. The maximum absolute atomic E-state index is 4.30.